The summed E-state index contributed by atoms with van der Waals surface area (Å²) in [7, 11) is 0. The molecule has 1 saturated carbocycles. The van der Waals surface area contributed by atoms with Crippen molar-refractivity contribution in [1.29, 1.82) is 0 Å². The van der Waals surface area contributed by atoms with Gasteiger partial charge in [-0.15, -0.1) is 0 Å². The summed E-state index contributed by atoms with van der Waals surface area (Å²) in [5.74, 6) is 0.347. The summed E-state index contributed by atoms with van der Waals surface area (Å²) >= 11 is 3.56. The molecule has 1 spiro atoms. The minimum Gasteiger partial charge on any atom is -0.387 e. The number of ether oxygens (including phenoxy) is 2. The Morgan fingerprint density at radius 3 is 2.92 bits per heavy atom. The first kappa shape index (κ1) is 16.2. The maximum atomic E-state index is 13.3. The molecule has 0 unspecified atom stereocenters. The van der Waals surface area contributed by atoms with E-state index in [1.165, 1.54) is 5.56 Å². The average molecular weight is 421 g/mol. The molecule has 8 atom stereocenters. The van der Waals surface area contributed by atoms with Crippen LogP contribution >= 0.6 is 15.9 Å². The van der Waals surface area contributed by atoms with Gasteiger partial charge >= 0.3 is 0 Å². The molecule has 6 heteroatoms. The molecule has 2 N–H and O–H groups in total. The normalized spacial score (nSPS) is 50.5. The Bertz CT molecular complexity index is 855. The molecule has 1 aromatic rings. The molecular formula is C20H21BrO5. The number of aliphatic hydroxyl groups excluding tert-OH is 1. The number of halogens is 1. The maximum absolute atomic E-state index is 13.3. The van der Waals surface area contributed by atoms with Gasteiger partial charge in [0.25, 0.3) is 0 Å². The number of benzene rings is 1. The van der Waals surface area contributed by atoms with Crippen LogP contribution in [0.4, 0.5) is 0 Å². The van der Waals surface area contributed by atoms with Crippen molar-refractivity contribution in [1.82, 2.24) is 0 Å². The van der Waals surface area contributed by atoms with Crippen molar-refractivity contribution in [2.45, 2.75) is 62.1 Å². The quantitative estimate of drug-likeness (QED) is 0.671. The zero-order valence-electron chi connectivity index (χ0n) is 14.4. The van der Waals surface area contributed by atoms with Crippen LogP contribution < -0.4 is 0 Å². The summed E-state index contributed by atoms with van der Waals surface area (Å²) in [5.41, 5.74) is 0.773. The first-order valence-corrected chi connectivity index (χ1v) is 10.2. The molecule has 26 heavy (non-hydrogen) atoms. The highest BCUT2D eigenvalue weighted by Crippen LogP contribution is 2.67. The molecule has 4 fully saturated rings. The zero-order chi connectivity index (χ0) is 18.0. The molecule has 3 aliphatic carbocycles. The number of hydrogen-bond donors (Lipinski definition) is 2. The number of Topliss-reactive ketones (excluding diaryl/α,β-unsaturated/α-hetero) is 1. The van der Waals surface area contributed by atoms with Crippen LogP contribution in [0, 0.1) is 11.3 Å². The van der Waals surface area contributed by atoms with E-state index < -0.39 is 35.4 Å². The van der Waals surface area contributed by atoms with Gasteiger partial charge in [-0.3, -0.25) is 4.79 Å². The van der Waals surface area contributed by atoms with E-state index in [9.17, 15) is 15.0 Å². The highest BCUT2D eigenvalue weighted by molar-refractivity contribution is 9.10. The van der Waals surface area contributed by atoms with Crippen LogP contribution in [0.2, 0.25) is 0 Å². The van der Waals surface area contributed by atoms with Gasteiger partial charge < -0.3 is 19.7 Å². The van der Waals surface area contributed by atoms with E-state index in [4.69, 9.17) is 9.47 Å². The molecule has 3 saturated heterocycles. The molecule has 3 heterocycles. The van der Waals surface area contributed by atoms with E-state index in [2.05, 4.69) is 28.9 Å². The summed E-state index contributed by atoms with van der Waals surface area (Å²) in [6.07, 6.45) is -1.17. The first-order valence-electron chi connectivity index (χ1n) is 9.42. The van der Waals surface area contributed by atoms with Crippen LogP contribution in [-0.2, 0) is 20.7 Å². The Labute approximate surface area is 159 Å². The lowest BCUT2D eigenvalue weighted by molar-refractivity contribution is -0.310. The van der Waals surface area contributed by atoms with E-state index in [0.717, 1.165) is 22.0 Å². The van der Waals surface area contributed by atoms with E-state index in [-0.39, 0.29) is 18.1 Å². The van der Waals surface area contributed by atoms with Gasteiger partial charge in [0.15, 0.2) is 0 Å². The van der Waals surface area contributed by atoms with Gasteiger partial charge in [0.2, 0.25) is 0 Å². The first-order chi connectivity index (χ1) is 12.4. The van der Waals surface area contributed by atoms with E-state index >= 15 is 0 Å². The van der Waals surface area contributed by atoms with Crippen molar-refractivity contribution in [2.75, 3.05) is 6.61 Å². The molecule has 7 rings (SSSR count). The standard InChI is InChI=1S/C20H21BrO5/c1-8-4-9-5-10(21)6-11-15(9)14(8)17-20(16(11)23)12(22)7-13(26-17)19(24)2-3-25-18(19)20/h5-6,8,13-14,16-18,23-24H,2-4,7H2,1H3/t8-,13+,14+,16+,17-,18+,19-,20-/m1/s1. The molecule has 6 aliphatic rings. The van der Waals surface area contributed by atoms with Crippen molar-refractivity contribution in [3.8, 4) is 0 Å². The predicted molar refractivity (Wildman–Crippen MR) is 94.7 cm³/mol. The van der Waals surface area contributed by atoms with Gasteiger partial charge in [-0.25, -0.2) is 0 Å². The van der Waals surface area contributed by atoms with E-state index in [1.807, 2.05) is 6.07 Å². The molecule has 1 aromatic carbocycles. The molecule has 3 aliphatic heterocycles. The third-order valence-electron chi connectivity index (χ3n) is 7.69. The SMILES string of the molecule is C[C@@H]1Cc2cc(Br)cc3c2[C@H]1[C@H]1O[C@H]2CC(=O)[C@]1([C@H]3O)[C@H]1OCC[C@@]21O. The van der Waals surface area contributed by atoms with Gasteiger partial charge in [0.1, 0.15) is 22.9 Å². The largest absolute Gasteiger partial charge is 0.387 e. The Morgan fingerprint density at radius 1 is 1.31 bits per heavy atom. The number of ketones is 1. The van der Waals surface area contributed by atoms with Crippen LogP contribution in [0.25, 0.3) is 0 Å². The van der Waals surface area contributed by atoms with Gasteiger partial charge in [-0.05, 0) is 41.2 Å². The van der Waals surface area contributed by atoms with E-state index in [0.29, 0.717) is 18.9 Å². The number of carbonyl (C=O) groups is 1. The molecule has 0 radical (unpaired) electrons. The van der Waals surface area contributed by atoms with Crippen LogP contribution in [0.1, 0.15) is 48.5 Å². The average Bonchev–Trinajstić information content (AvgIpc) is 3.14. The molecular weight excluding hydrogens is 400 g/mol. The molecule has 2 bridgehead atoms. The summed E-state index contributed by atoms with van der Waals surface area (Å²) in [4.78, 5) is 13.3. The van der Waals surface area contributed by atoms with Gasteiger partial charge in [0, 0.05) is 23.2 Å². The number of carbonyl (C=O) groups excluding carboxylic acids is 1. The zero-order valence-corrected chi connectivity index (χ0v) is 16.0. The van der Waals surface area contributed by atoms with Crippen molar-refractivity contribution in [2.24, 2.45) is 11.3 Å². The summed E-state index contributed by atoms with van der Waals surface area (Å²) in [5, 5.41) is 22.8. The van der Waals surface area contributed by atoms with Crippen LogP contribution in [0.3, 0.4) is 0 Å². The second-order valence-electron chi connectivity index (χ2n) is 8.78. The second-order valence-corrected chi connectivity index (χ2v) is 9.69. The third-order valence-corrected chi connectivity index (χ3v) is 8.15. The number of hydrogen-bond acceptors (Lipinski definition) is 5. The fraction of sp³-hybridized carbons (Fsp3) is 0.650. The van der Waals surface area contributed by atoms with Crippen LogP contribution in [0.15, 0.2) is 16.6 Å². The lowest BCUT2D eigenvalue weighted by atomic mass is 9.49. The summed E-state index contributed by atoms with van der Waals surface area (Å²) < 4.78 is 13.3. The monoisotopic (exact) mass is 420 g/mol. The lowest BCUT2D eigenvalue weighted by Crippen LogP contribution is -2.77. The highest BCUT2D eigenvalue weighted by atomic mass is 79.9. The summed E-state index contributed by atoms with van der Waals surface area (Å²) in [6, 6.07) is 4.05. The van der Waals surface area contributed by atoms with Crippen molar-refractivity contribution < 1.29 is 24.5 Å². The van der Waals surface area contributed by atoms with Crippen molar-refractivity contribution >= 4 is 21.7 Å². The smallest absolute Gasteiger partial charge is 0.150 e. The summed E-state index contributed by atoms with van der Waals surface area (Å²) in [6.45, 7) is 2.58. The van der Waals surface area contributed by atoms with Gasteiger partial charge in [-0.2, -0.15) is 0 Å². The molecule has 0 aromatic heterocycles. The minimum absolute atomic E-state index is 0.0194. The predicted octanol–water partition coefficient (Wildman–Crippen LogP) is 2.02. The third kappa shape index (κ3) is 1.54. The Hall–Kier alpha value is -0.790. The lowest BCUT2D eigenvalue weighted by Gasteiger charge is -2.64. The topological polar surface area (TPSA) is 76.0 Å². The molecule has 138 valence electrons. The number of fused-ring (bicyclic) bond motifs is 1. The number of rotatable bonds is 0. The highest BCUT2D eigenvalue weighted by Gasteiger charge is 2.77. The molecule has 5 nitrogen and oxygen atoms in total. The Morgan fingerprint density at radius 2 is 2.12 bits per heavy atom. The minimum atomic E-state index is -1.21. The van der Waals surface area contributed by atoms with Crippen molar-refractivity contribution in [3.05, 3.63) is 33.3 Å². The Kier molecular flexibility index (Phi) is 2.98. The van der Waals surface area contributed by atoms with Crippen LogP contribution in [0.5, 0.6) is 0 Å². The maximum Gasteiger partial charge on any atom is 0.150 e. The second kappa shape index (κ2) is 4.78. The van der Waals surface area contributed by atoms with Gasteiger partial charge in [-0.1, -0.05) is 22.9 Å². The Balaban J connectivity index is 1.66. The van der Waals surface area contributed by atoms with Gasteiger partial charge in [0.05, 0.1) is 24.9 Å². The fourth-order valence-electron chi connectivity index (χ4n) is 6.73. The molecule has 0 amide bonds. The number of aliphatic hydroxyl groups is 2. The van der Waals surface area contributed by atoms with E-state index in [1.54, 1.807) is 0 Å². The van der Waals surface area contributed by atoms with Crippen molar-refractivity contribution in [3.63, 3.8) is 0 Å². The van der Waals surface area contributed by atoms with Crippen LogP contribution in [-0.4, -0.2) is 46.5 Å². The fourth-order valence-corrected chi connectivity index (χ4v) is 7.25.